The minimum Gasteiger partial charge on any atom is -0.545 e. The number of anilines is 2. The molecule has 1 aliphatic rings. The van der Waals surface area contributed by atoms with Gasteiger partial charge < -0.3 is 20.5 Å². The number of hydrogen-bond donors (Lipinski definition) is 2. The standard InChI is InChI=1S/C27H21Cl2N3O5/c1-15-2-11-20(13-21(15)28)32-25(34)23(29)24(26(32)35)31-19-9-5-16(6-10-19)12-22(33)30-14-17-3-7-18(8-4-17)27(36)37/h2-11,13,31H,12,14H2,1H3,(H,30,33)(H,36,37)/p-1. The summed E-state index contributed by atoms with van der Waals surface area (Å²) in [5.74, 6) is -2.74. The molecule has 3 aromatic carbocycles. The summed E-state index contributed by atoms with van der Waals surface area (Å²) in [7, 11) is 0. The summed E-state index contributed by atoms with van der Waals surface area (Å²) in [6.07, 6.45) is 0.111. The van der Waals surface area contributed by atoms with E-state index in [1.807, 2.05) is 6.92 Å². The Labute approximate surface area is 222 Å². The Kier molecular flexibility index (Phi) is 7.61. The number of imide groups is 1. The van der Waals surface area contributed by atoms with Gasteiger partial charge in [0.25, 0.3) is 11.8 Å². The quantitative estimate of drug-likeness (QED) is 0.426. The number of carboxylic acid groups (broad SMARTS) is 1. The Morgan fingerprint density at radius 2 is 1.54 bits per heavy atom. The summed E-state index contributed by atoms with van der Waals surface area (Å²) in [5, 5.41) is 16.7. The molecule has 3 amide bonds. The van der Waals surface area contributed by atoms with Crippen LogP contribution in [0, 0.1) is 6.92 Å². The zero-order valence-corrected chi connectivity index (χ0v) is 21.0. The number of rotatable bonds is 8. The number of carboxylic acids is 1. The molecule has 0 spiro atoms. The van der Waals surface area contributed by atoms with Crippen molar-refractivity contribution in [3.8, 4) is 0 Å². The average Bonchev–Trinajstić information content (AvgIpc) is 3.09. The predicted octanol–water partition coefficient (Wildman–Crippen LogP) is 3.31. The molecule has 0 aliphatic carbocycles. The van der Waals surface area contributed by atoms with Gasteiger partial charge >= 0.3 is 0 Å². The smallest absolute Gasteiger partial charge is 0.283 e. The summed E-state index contributed by atoms with van der Waals surface area (Å²) in [6.45, 7) is 2.06. The van der Waals surface area contributed by atoms with Gasteiger partial charge in [-0.2, -0.15) is 0 Å². The van der Waals surface area contributed by atoms with Gasteiger partial charge in [-0.1, -0.05) is 65.7 Å². The second kappa shape index (κ2) is 10.9. The lowest BCUT2D eigenvalue weighted by Crippen LogP contribution is -2.32. The van der Waals surface area contributed by atoms with Crippen LogP contribution in [0.2, 0.25) is 5.02 Å². The lowest BCUT2D eigenvalue weighted by atomic mass is 10.1. The van der Waals surface area contributed by atoms with Crippen LogP contribution in [0.4, 0.5) is 11.4 Å². The van der Waals surface area contributed by atoms with Crippen molar-refractivity contribution in [2.45, 2.75) is 19.9 Å². The van der Waals surface area contributed by atoms with E-state index < -0.39 is 17.8 Å². The van der Waals surface area contributed by atoms with Gasteiger partial charge in [0.15, 0.2) is 0 Å². The Morgan fingerprint density at radius 1 is 0.892 bits per heavy atom. The number of carbonyl (C=O) groups is 4. The highest BCUT2D eigenvalue weighted by Crippen LogP contribution is 2.32. The highest BCUT2D eigenvalue weighted by atomic mass is 35.5. The minimum absolute atomic E-state index is 0.0569. The van der Waals surface area contributed by atoms with Crippen LogP contribution in [-0.2, 0) is 27.3 Å². The molecule has 0 unspecified atom stereocenters. The number of carbonyl (C=O) groups excluding carboxylic acids is 4. The van der Waals surface area contributed by atoms with Gasteiger partial charge in [0.1, 0.15) is 10.7 Å². The predicted molar refractivity (Wildman–Crippen MR) is 138 cm³/mol. The van der Waals surface area contributed by atoms with Crippen molar-refractivity contribution < 1.29 is 24.3 Å². The molecule has 0 saturated heterocycles. The molecular formula is C27H20Cl2N3O5-. The van der Waals surface area contributed by atoms with Crippen molar-refractivity contribution in [2.24, 2.45) is 0 Å². The van der Waals surface area contributed by atoms with Gasteiger partial charge in [-0.25, -0.2) is 4.90 Å². The third kappa shape index (κ3) is 5.82. The van der Waals surface area contributed by atoms with Crippen molar-refractivity contribution in [2.75, 3.05) is 10.2 Å². The second-order valence-electron chi connectivity index (χ2n) is 8.33. The topological polar surface area (TPSA) is 119 Å². The second-order valence-corrected chi connectivity index (χ2v) is 9.11. The molecule has 0 fully saturated rings. The fourth-order valence-corrected chi connectivity index (χ4v) is 4.01. The SMILES string of the molecule is Cc1ccc(N2C(=O)C(Cl)=C(Nc3ccc(CC(=O)NCc4ccc(C(=O)[O-])cc4)cc3)C2=O)cc1Cl. The maximum absolute atomic E-state index is 13.0. The minimum atomic E-state index is -1.26. The zero-order chi connectivity index (χ0) is 26.7. The van der Waals surface area contributed by atoms with E-state index in [2.05, 4.69) is 10.6 Å². The monoisotopic (exact) mass is 536 g/mol. The van der Waals surface area contributed by atoms with Gasteiger partial charge in [0.05, 0.1) is 18.1 Å². The molecule has 2 N–H and O–H groups in total. The van der Waals surface area contributed by atoms with Gasteiger partial charge in [0, 0.05) is 17.3 Å². The van der Waals surface area contributed by atoms with Crippen molar-refractivity contribution >= 4 is 58.3 Å². The fraction of sp³-hybridized carbons (Fsp3) is 0.111. The number of aryl methyl sites for hydroxylation is 1. The van der Waals surface area contributed by atoms with Gasteiger partial charge in [-0.05, 0) is 53.4 Å². The molecular weight excluding hydrogens is 517 g/mol. The number of amides is 3. The lowest BCUT2D eigenvalue weighted by Gasteiger charge is -2.16. The Balaban J connectivity index is 1.36. The lowest BCUT2D eigenvalue weighted by molar-refractivity contribution is -0.255. The van der Waals surface area contributed by atoms with Crippen LogP contribution in [-0.4, -0.2) is 23.7 Å². The van der Waals surface area contributed by atoms with Crippen LogP contribution < -0.4 is 20.6 Å². The van der Waals surface area contributed by atoms with Crippen LogP contribution in [0.3, 0.4) is 0 Å². The Bertz CT molecular complexity index is 1430. The molecule has 0 bridgehead atoms. The molecule has 8 nitrogen and oxygen atoms in total. The summed E-state index contributed by atoms with van der Waals surface area (Å²) >= 11 is 12.3. The third-order valence-corrected chi connectivity index (χ3v) is 6.47. The molecule has 3 aromatic rings. The number of hydrogen-bond acceptors (Lipinski definition) is 6. The maximum Gasteiger partial charge on any atom is 0.283 e. The Morgan fingerprint density at radius 3 is 2.16 bits per heavy atom. The first kappa shape index (κ1) is 25.9. The molecule has 10 heteroatoms. The largest absolute Gasteiger partial charge is 0.545 e. The van der Waals surface area contributed by atoms with Gasteiger partial charge in [-0.15, -0.1) is 0 Å². The molecule has 0 aromatic heterocycles. The molecule has 188 valence electrons. The van der Waals surface area contributed by atoms with E-state index in [0.29, 0.717) is 16.4 Å². The number of benzene rings is 3. The highest BCUT2D eigenvalue weighted by molar-refractivity contribution is 6.53. The number of nitrogens with zero attached hydrogens (tertiary/aromatic N) is 1. The van der Waals surface area contributed by atoms with Crippen LogP contribution in [0.5, 0.6) is 0 Å². The van der Waals surface area contributed by atoms with E-state index in [-0.39, 0.29) is 35.2 Å². The highest BCUT2D eigenvalue weighted by Gasteiger charge is 2.39. The summed E-state index contributed by atoms with van der Waals surface area (Å²) in [6, 6.07) is 17.7. The average molecular weight is 537 g/mol. The first-order chi connectivity index (χ1) is 17.6. The first-order valence-corrected chi connectivity index (χ1v) is 11.9. The third-order valence-electron chi connectivity index (χ3n) is 5.71. The van der Waals surface area contributed by atoms with E-state index in [4.69, 9.17) is 23.2 Å². The molecule has 0 radical (unpaired) electrons. The van der Waals surface area contributed by atoms with E-state index in [0.717, 1.165) is 21.6 Å². The van der Waals surface area contributed by atoms with E-state index in [1.54, 1.807) is 48.5 Å². The molecule has 1 heterocycles. The van der Waals surface area contributed by atoms with Gasteiger partial charge in [-0.3, -0.25) is 14.4 Å². The molecule has 0 atom stereocenters. The van der Waals surface area contributed by atoms with Crippen molar-refractivity contribution in [3.05, 3.63) is 105 Å². The molecule has 4 rings (SSSR count). The zero-order valence-electron chi connectivity index (χ0n) is 19.5. The van der Waals surface area contributed by atoms with Crippen molar-refractivity contribution in [3.63, 3.8) is 0 Å². The van der Waals surface area contributed by atoms with E-state index in [1.165, 1.54) is 18.2 Å². The molecule has 0 saturated carbocycles. The van der Waals surface area contributed by atoms with E-state index in [9.17, 15) is 24.3 Å². The fourth-order valence-electron chi connectivity index (χ4n) is 3.62. The van der Waals surface area contributed by atoms with Crippen LogP contribution in [0.25, 0.3) is 0 Å². The number of aromatic carboxylic acids is 1. The normalized spacial score (nSPS) is 13.2. The van der Waals surface area contributed by atoms with Crippen LogP contribution in [0.1, 0.15) is 27.0 Å². The summed E-state index contributed by atoms with van der Waals surface area (Å²) in [4.78, 5) is 49.7. The summed E-state index contributed by atoms with van der Waals surface area (Å²) in [5.41, 5.74) is 3.12. The Hall–Kier alpha value is -4.14. The van der Waals surface area contributed by atoms with Crippen molar-refractivity contribution in [1.29, 1.82) is 0 Å². The van der Waals surface area contributed by atoms with Crippen molar-refractivity contribution in [1.82, 2.24) is 5.32 Å². The molecule has 37 heavy (non-hydrogen) atoms. The maximum atomic E-state index is 13.0. The van der Waals surface area contributed by atoms with Gasteiger partial charge in [0.2, 0.25) is 5.91 Å². The number of halogens is 2. The van der Waals surface area contributed by atoms with Crippen LogP contribution in [0.15, 0.2) is 77.5 Å². The summed E-state index contributed by atoms with van der Waals surface area (Å²) < 4.78 is 0. The molecule has 1 aliphatic heterocycles. The van der Waals surface area contributed by atoms with E-state index >= 15 is 0 Å². The number of nitrogens with one attached hydrogen (secondary N) is 2. The first-order valence-electron chi connectivity index (χ1n) is 11.1. The van der Waals surface area contributed by atoms with Crippen LogP contribution >= 0.6 is 23.2 Å².